The van der Waals surface area contributed by atoms with Gasteiger partial charge in [-0.2, -0.15) is 0 Å². The Hall–Kier alpha value is -0.850. The van der Waals surface area contributed by atoms with Crippen LogP contribution in [0.2, 0.25) is 0 Å². The van der Waals surface area contributed by atoms with Crippen LogP contribution in [-0.2, 0) is 9.47 Å². The van der Waals surface area contributed by atoms with Crippen LogP contribution in [-0.4, -0.2) is 48.6 Å². The van der Waals surface area contributed by atoms with Gasteiger partial charge in [0.1, 0.15) is 5.60 Å². The van der Waals surface area contributed by atoms with Crippen LogP contribution < -0.4 is 16.4 Å². The van der Waals surface area contributed by atoms with Crippen LogP contribution >= 0.6 is 0 Å². The Bertz CT molecular complexity index is 429. The van der Waals surface area contributed by atoms with Crippen molar-refractivity contribution in [3.8, 4) is 0 Å². The monoisotopic (exact) mass is 325 g/mol. The Labute approximate surface area is 138 Å². The number of hydrogen-bond acceptors (Lipinski definition) is 5. The summed E-state index contributed by atoms with van der Waals surface area (Å²) in [6.07, 6.45) is 5.27. The van der Waals surface area contributed by atoms with Gasteiger partial charge in [-0.1, -0.05) is 0 Å². The van der Waals surface area contributed by atoms with Crippen molar-refractivity contribution in [3.05, 3.63) is 0 Å². The largest absolute Gasteiger partial charge is 0.444 e. The number of carbonyl (C=O) groups excluding carboxylic acids is 1. The van der Waals surface area contributed by atoms with Gasteiger partial charge in [0.2, 0.25) is 0 Å². The number of fused-ring (bicyclic) bond motifs is 1. The van der Waals surface area contributed by atoms with E-state index in [1.54, 1.807) is 0 Å². The minimum Gasteiger partial charge on any atom is -0.444 e. The lowest BCUT2D eigenvalue weighted by Crippen LogP contribution is -2.71. The van der Waals surface area contributed by atoms with Crippen LogP contribution in [0.1, 0.15) is 52.9 Å². The number of ether oxygens (including phenoxy) is 2. The van der Waals surface area contributed by atoms with Crippen LogP contribution in [0.15, 0.2) is 0 Å². The van der Waals surface area contributed by atoms with E-state index in [9.17, 15) is 4.79 Å². The molecule has 23 heavy (non-hydrogen) atoms. The van der Waals surface area contributed by atoms with Crippen molar-refractivity contribution in [3.63, 3.8) is 0 Å². The first-order valence-corrected chi connectivity index (χ1v) is 8.96. The first kappa shape index (κ1) is 17.0. The van der Waals surface area contributed by atoms with Gasteiger partial charge in [-0.3, -0.25) is 0 Å². The second kappa shape index (κ2) is 6.57. The normalized spacial score (nSPS) is 40.2. The van der Waals surface area contributed by atoms with Crippen molar-refractivity contribution >= 4 is 6.09 Å². The lowest BCUT2D eigenvalue weighted by molar-refractivity contribution is -0.0392. The molecular weight excluding hydrogens is 294 g/mol. The molecule has 1 aliphatic heterocycles. The molecule has 3 aliphatic rings. The molecule has 0 aromatic carbocycles. The number of carbonyl (C=O) groups is 1. The maximum atomic E-state index is 12.1. The van der Waals surface area contributed by atoms with Gasteiger partial charge in [0.15, 0.2) is 0 Å². The van der Waals surface area contributed by atoms with E-state index in [0.717, 1.165) is 38.7 Å². The standard InChI is InChI=1S/C17H31N3O3/c1-17(2,3)23-16(21)20-13-12-8-9-22-15(12)14(13)19-11-6-4-10(18)5-7-11/h10-15,19H,4-9,18H2,1-3H3,(H,20,21). The molecule has 6 heteroatoms. The highest BCUT2D eigenvalue weighted by Gasteiger charge is 2.55. The highest BCUT2D eigenvalue weighted by Crippen LogP contribution is 2.40. The summed E-state index contributed by atoms with van der Waals surface area (Å²) in [5.74, 6) is 0.408. The minimum absolute atomic E-state index is 0.105. The zero-order chi connectivity index (χ0) is 16.6. The number of amides is 1. The highest BCUT2D eigenvalue weighted by molar-refractivity contribution is 5.68. The van der Waals surface area contributed by atoms with E-state index in [-0.39, 0.29) is 24.3 Å². The number of nitrogens with two attached hydrogens (primary N) is 1. The molecule has 2 saturated carbocycles. The molecule has 0 spiro atoms. The van der Waals surface area contributed by atoms with Crippen molar-refractivity contribution in [2.24, 2.45) is 11.7 Å². The van der Waals surface area contributed by atoms with Crippen molar-refractivity contribution in [1.29, 1.82) is 0 Å². The van der Waals surface area contributed by atoms with Gasteiger partial charge in [-0.25, -0.2) is 4.79 Å². The first-order valence-electron chi connectivity index (χ1n) is 8.96. The first-order chi connectivity index (χ1) is 10.8. The Morgan fingerprint density at radius 2 is 1.83 bits per heavy atom. The molecule has 132 valence electrons. The van der Waals surface area contributed by atoms with Crippen molar-refractivity contribution < 1.29 is 14.3 Å². The van der Waals surface area contributed by atoms with Crippen molar-refractivity contribution in [1.82, 2.24) is 10.6 Å². The fourth-order valence-corrected chi connectivity index (χ4v) is 4.10. The predicted octanol–water partition coefficient (Wildman–Crippen LogP) is 1.53. The van der Waals surface area contributed by atoms with E-state index in [4.69, 9.17) is 15.2 Å². The number of hydrogen-bond donors (Lipinski definition) is 3. The third-order valence-electron chi connectivity index (χ3n) is 5.27. The molecule has 6 nitrogen and oxygen atoms in total. The molecular formula is C17H31N3O3. The van der Waals surface area contributed by atoms with E-state index in [1.165, 1.54) is 0 Å². The SMILES string of the molecule is CC(C)(C)OC(=O)NC1C2CCOC2C1NC1CCC(N)CC1. The Kier molecular flexibility index (Phi) is 4.85. The average Bonchev–Trinajstić information content (AvgIpc) is 2.87. The maximum Gasteiger partial charge on any atom is 0.407 e. The number of alkyl carbamates (subject to hydrolysis) is 1. The van der Waals surface area contributed by atoms with E-state index in [2.05, 4.69) is 10.6 Å². The van der Waals surface area contributed by atoms with Gasteiger partial charge in [0.05, 0.1) is 18.2 Å². The fourth-order valence-electron chi connectivity index (χ4n) is 4.10. The molecule has 0 bridgehead atoms. The molecule has 4 unspecified atom stereocenters. The van der Waals surface area contributed by atoms with Gasteiger partial charge < -0.3 is 25.8 Å². The van der Waals surface area contributed by atoms with E-state index in [1.807, 2.05) is 20.8 Å². The molecule has 3 rings (SSSR count). The number of nitrogens with one attached hydrogen (secondary N) is 2. The second-order valence-electron chi connectivity index (χ2n) is 8.26. The zero-order valence-electron chi connectivity index (χ0n) is 14.5. The number of rotatable bonds is 3. The summed E-state index contributed by atoms with van der Waals surface area (Å²) < 4.78 is 11.3. The smallest absolute Gasteiger partial charge is 0.407 e. The molecule has 4 N–H and O–H groups in total. The third kappa shape index (κ3) is 3.98. The molecule has 2 aliphatic carbocycles. The Morgan fingerprint density at radius 3 is 2.48 bits per heavy atom. The minimum atomic E-state index is -0.470. The molecule has 4 atom stereocenters. The van der Waals surface area contributed by atoms with Crippen LogP contribution in [0, 0.1) is 5.92 Å². The van der Waals surface area contributed by atoms with Gasteiger partial charge in [-0.15, -0.1) is 0 Å². The molecule has 1 amide bonds. The quantitative estimate of drug-likeness (QED) is 0.732. The summed E-state index contributed by atoms with van der Waals surface area (Å²) in [6, 6.07) is 1.12. The van der Waals surface area contributed by atoms with Crippen LogP contribution in [0.5, 0.6) is 0 Å². The van der Waals surface area contributed by atoms with Crippen molar-refractivity contribution in [2.75, 3.05) is 6.61 Å². The third-order valence-corrected chi connectivity index (χ3v) is 5.27. The zero-order valence-corrected chi connectivity index (χ0v) is 14.5. The van der Waals surface area contributed by atoms with Gasteiger partial charge in [0.25, 0.3) is 0 Å². The molecule has 0 aromatic heterocycles. The second-order valence-corrected chi connectivity index (χ2v) is 8.26. The molecule has 0 radical (unpaired) electrons. The van der Waals surface area contributed by atoms with Gasteiger partial charge in [0, 0.05) is 24.6 Å². The fraction of sp³-hybridized carbons (Fsp3) is 0.941. The van der Waals surface area contributed by atoms with E-state index in [0.29, 0.717) is 18.0 Å². The molecule has 1 heterocycles. The van der Waals surface area contributed by atoms with Crippen molar-refractivity contribution in [2.45, 2.75) is 88.7 Å². The topological polar surface area (TPSA) is 85.6 Å². The van der Waals surface area contributed by atoms with Crippen LogP contribution in [0.4, 0.5) is 4.79 Å². The van der Waals surface area contributed by atoms with E-state index < -0.39 is 5.60 Å². The average molecular weight is 325 g/mol. The summed E-state index contributed by atoms with van der Waals surface area (Å²) in [4.78, 5) is 12.1. The summed E-state index contributed by atoms with van der Waals surface area (Å²) >= 11 is 0. The maximum absolute atomic E-state index is 12.1. The summed E-state index contributed by atoms with van der Waals surface area (Å²) in [7, 11) is 0. The Balaban J connectivity index is 1.56. The molecule has 0 aromatic rings. The lowest BCUT2D eigenvalue weighted by Gasteiger charge is -2.49. The predicted molar refractivity (Wildman–Crippen MR) is 88.2 cm³/mol. The summed E-state index contributed by atoms with van der Waals surface area (Å²) in [5.41, 5.74) is 5.52. The highest BCUT2D eigenvalue weighted by atomic mass is 16.6. The Morgan fingerprint density at radius 1 is 1.13 bits per heavy atom. The van der Waals surface area contributed by atoms with Crippen LogP contribution in [0.25, 0.3) is 0 Å². The summed E-state index contributed by atoms with van der Waals surface area (Å²) in [5, 5.41) is 6.78. The van der Waals surface area contributed by atoms with E-state index >= 15 is 0 Å². The molecule has 1 saturated heterocycles. The van der Waals surface area contributed by atoms with Gasteiger partial charge in [-0.05, 0) is 52.9 Å². The molecule has 3 fully saturated rings. The summed E-state index contributed by atoms with van der Waals surface area (Å²) in [6.45, 7) is 6.44. The lowest BCUT2D eigenvalue weighted by atomic mass is 9.71. The van der Waals surface area contributed by atoms with Gasteiger partial charge >= 0.3 is 6.09 Å². The van der Waals surface area contributed by atoms with Crippen LogP contribution in [0.3, 0.4) is 0 Å².